The summed E-state index contributed by atoms with van der Waals surface area (Å²) < 4.78 is 10.8. The molecular weight excluding hydrogens is 408 g/mol. The average molecular weight is 439 g/mol. The number of anilines is 3. The number of carbonyl (C=O) groups is 2. The first-order valence-electron chi connectivity index (χ1n) is 11.1. The second-order valence-electron chi connectivity index (χ2n) is 8.08. The fourth-order valence-electron chi connectivity index (χ4n) is 4.10. The summed E-state index contributed by atoms with van der Waals surface area (Å²) in [5, 5.41) is 8.62. The maximum absolute atomic E-state index is 13.0. The molecule has 0 radical (unpaired) electrons. The lowest BCUT2D eigenvalue weighted by Gasteiger charge is -2.22. The lowest BCUT2D eigenvalue weighted by atomic mass is 10.1. The molecule has 0 aromatic heterocycles. The van der Waals surface area contributed by atoms with Crippen LogP contribution in [0.2, 0.25) is 0 Å². The van der Waals surface area contributed by atoms with Gasteiger partial charge in [0, 0.05) is 43.3 Å². The lowest BCUT2D eigenvalue weighted by Crippen LogP contribution is -2.33. The van der Waals surface area contributed by atoms with Gasteiger partial charge < -0.3 is 30.3 Å². The van der Waals surface area contributed by atoms with Crippen molar-refractivity contribution in [3.63, 3.8) is 0 Å². The normalized spacial score (nSPS) is 17.8. The molecule has 8 nitrogen and oxygen atoms in total. The van der Waals surface area contributed by atoms with E-state index >= 15 is 0 Å². The number of carbonyl (C=O) groups excluding carboxylic acids is 2. The van der Waals surface area contributed by atoms with Gasteiger partial charge in [0.15, 0.2) is 0 Å². The van der Waals surface area contributed by atoms with Crippen LogP contribution in [0.4, 0.5) is 21.9 Å². The molecule has 1 unspecified atom stereocenters. The summed E-state index contributed by atoms with van der Waals surface area (Å²) in [4.78, 5) is 27.7. The number of benzene rings is 2. The van der Waals surface area contributed by atoms with Gasteiger partial charge >= 0.3 is 6.03 Å². The van der Waals surface area contributed by atoms with Crippen LogP contribution < -0.4 is 25.6 Å². The van der Waals surface area contributed by atoms with E-state index in [1.165, 1.54) is 0 Å². The molecule has 0 bridgehead atoms. The van der Waals surface area contributed by atoms with Gasteiger partial charge in [0.1, 0.15) is 5.75 Å². The Morgan fingerprint density at radius 3 is 2.44 bits per heavy atom. The number of hydrogen-bond acceptors (Lipinski definition) is 5. The van der Waals surface area contributed by atoms with Crippen LogP contribution in [0.25, 0.3) is 0 Å². The number of ether oxygens (including phenoxy) is 2. The van der Waals surface area contributed by atoms with Crippen LogP contribution in [-0.4, -0.2) is 51.4 Å². The zero-order valence-corrected chi connectivity index (χ0v) is 18.4. The van der Waals surface area contributed by atoms with E-state index in [9.17, 15) is 9.59 Å². The van der Waals surface area contributed by atoms with Crippen molar-refractivity contribution >= 4 is 29.0 Å². The molecule has 2 aliphatic heterocycles. The highest BCUT2D eigenvalue weighted by molar-refractivity contribution is 6.04. The van der Waals surface area contributed by atoms with E-state index in [4.69, 9.17) is 9.47 Å². The van der Waals surface area contributed by atoms with E-state index in [1.54, 1.807) is 37.4 Å². The van der Waals surface area contributed by atoms with Gasteiger partial charge in [0.25, 0.3) is 5.91 Å². The standard InChI is InChI=1S/C24H30N4O4/c1-31-19-9-6-17(7-10-19)26-24(30)27-18-8-11-22(28-12-2-3-13-28)21(15-18)23(29)25-16-20-5-4-14-32-20/h6-11,15,20H,2-5,12-14,16H2,1H3,(H,25,29)(H2,26,27,30). The Morgan fingerprint density at radius 2 is 1.75 bits per heavy atom. The predicted molar refractivity (Wildman–Crippen MR) is 125 cm³/mol. The van der Waals surface area contributed by atoms with Crippen molar-refractivity contribution in [1.29, 1.82) is 0 Å². The number of amides is 3. The van der Waals surface area contributed by atoms with Crippen molar-refractivity contribution in [2.45, 2.75) is 31.8 Å². The number of nitrogens with zero attached hydrogens (tertiary/aromatic N) is 1. The second-order valence-corrected chi connectivity index (χ2v) is 8.08. The van der Waals surface area contributed by atoms with E-state index < -0.39 is 0 Å². The van der Waals surface area contributed by atoms with Crippen LogP contribution in [0.3, 0.4) is 0 Å². The summed E-state index contributed by atoms with van der Waals surface area (Å²) in [5.74, 6) is 0.564. The third-order valence-corrected chi connectivity index (χ3v) is 5.81. The van der Waals surface area contributed by atoms with Crippen molar-refractivity contribution in [1.82, 2.24) is 5.32 Å². The van der Waals surface area contributed by atoms with Gasteiger partial charge in [-0.05, 0) is 68.1 Å². The lowest BCUT2D eigenvalue weighted by molar-refractivity contribution is 0.0858. The summed E-state index contributed by atoms with van der Waals surface area (Å²) in [6, 6.07) is 12.2. The third-order valence-electron chi connectivity index (χ3n) is 5.81. The monoisotopic (exact) mass is 438 g/mol. The van der Waals surface area contributed by atoms with Gasteiger partial charge in [-0.15, -0.1) is 0 Å². The molecule has 2 aromatic carbocycles. The Morgan fingerprint density at radius 1 is 1.03 bits per heavy atom. The van der Waals surface area contributed by atoms with Gasteiger partial charge in [-0.3, -0.25) is 4.79 Å². The maximum atomic E-state index is 13.0. The topological polar surface area (TPSA) is 91.9 Å². The van der Waals surface area contributed by atoms with Crippen molar-refractivity contribution in [2.75, 3.05) is 48.9 Å². The molecule has 170 valence electrons. The van der Waals surface area contributed by atoms with Gasteiger partial charge in [0.05, 0.1) is 18.8 Å². The minimum Gasteiger partial charge on any atom is -0.497 e. The first-order chi connectivity index (χ1) is 15.6. The Balaban J connectivity index is 1.45. The molecule has 3 amide bonds. The van der Waals surface area contributed by atoms with Crippen LogP contribution in [0.5, 0.6) is 5.75 Å². The van der Waals surface area contributed by atoms with Crippen molar-refractivity contribution < 1.29 is 19.1 Å². The number of methoxy groups -OCH3 is 1. The molecule has 3 N–H and O–H groups in total. The molecule has 32 heavy (non-hydrogen) atoms. The molecule has 2 saturated heterocycles. The van der Waals surface area contributed by atoms with Gasteiger partial charge in [-0.25, -0.2) is 4.79 Å². The quantitative estimate of drug-likeness (QED) is 0.611. The Kier molecular flexibility index (Phi) is 7.11. The van der Waals surface area contributed by atoms with E-state index in [2.05, 4.69) is 20.9 Å². The van der Waals surface area contributed by atoms with Crippen LogP contribution in [-0.2, 0) is 4.74 Å². The minimum absolute atomic E-state index is 0.0748. The molecular formula is C24H30N4O4. The molecule has 4 rings (SSSR count). The van der Waals surface area contributed by atoms with Crippen LogP contribution in [0.1, 0.15) is 36.0 Å². The highest BCUT2D eigenvalue weighted by atomic mass is 16.5. The summed E-state index contributed by atoms with van der Waals surface area (Å²) in [6.45, 7) is 3.10. The van der Waals surface area contributed by atoms with E-state index in [1.807, 2.05) is 12.1 Å². The van der Waals surface area contributed by atoms with Crippen molar-refractivity contribution in [3.8, 4) is 5.75 Å². The summed E-state index contributed by atoms with van der Waals surface area (Å²) >= 11 is 0. The first-order valence-corrected chi connectivity index (χ1v) is 11.1. The minimum atomic E-state index is -0.380. The zero-order chi connectivity index (χ0) is 22.3. The van der Waals surface area contributed by atoms with E-state index in [-0.39, 0.29) is 18.0 Å². The largest absolute Gasteiger partial charge is 0.497 e. The van der Waals surface area contributed by atoms with Crippen molar-refractivity contribution in [3.05, 3.63) is 48.0 Å². The molecule has 2 fully saturated rings. The molecule has 2 heterocycles. The number of hydrogen-bond donors (Lipinski definition) is 3. The third kappa shape index (κ3) is 5.50. The molecule has 0 aliphatic carbocycles. The molecule has 0 spiro atoms. The fourth-order valence-corrected chi connectivity index (χ4v) is 4.10. The fraction of sp³-hybridized carbons (Fsp3) is 0.417. The van der Waals surface area contributed by atoms with Gasteiger partial charge in [0.2, 0.25) is 0 Å². The smallest absolute Gasteiger partial charge is 0.323 e. The van der Waals surface area contributed by atoms with Crippen LogP contribution in [0.15, 0.2) is 42.5 Å². The summed E-state index contributed by atoms with van der Waals surface area (Å²) in [7, 11) is 1.59. The van der Waals surface area contributed by atoms with Crippen molar-refractivity contribution in [2.24, 2.45) is 0 Å². The molecule has 8 heteroatoms. The molecule has 0 saturated carbocycles. The van der Waals surface area contributed by atoms with Gasteiger partial charge in [-0.2, -0.15) is 0 Å². The predicted octanol–water partition coefficient (Wildman–Crippen LogP) is 3.85. The number of urea groups is 1. The number of rotatable bonds is 7. The molecule has 2 aliphatic rings. The maximum Gasteiger partial charge on any atom is 0.323 e. The average Bonchev–Trinajstić information content (AvgIpc) is 3.52. The second kappa shape index (κ2) is 10.4. The Bertz CT molecular complexity index is 936. The molecule has 2 aromatic rings. The van der Waals surface area contributed by atoms with Gasteiger partial charge in [-0.1, -0.05) is 0 Å². The summed E-state index contributed by atoms with van der Waals surface area (Å²) in [6.07, 6.45) is 4.29. The van der Waals surface area contributed by atoms with Crippen LogP contribution >= 0.6 is 0 Å². The summed E-state index contributed by atoms with van der Waals surface area (Å²) in [5.41, 5.74) is 2.66. The zero-order valence-electron chi connectivity index (χ0n) is 18.4. The number of nitrogens with one attached hydrogen (secondary N) is 3. The SMILES string of the molecule is COc1ccc(NC(=O)Nc2ccc(N3CCCC3)c(C(=O)NCC3CCCO3)c2)cc1. The highest BCUT2D eigenvalue weighted by Crippen LogP contribution is 2.28. The Labute approximate surface area is 188 Å². The Hall–Kier alpha value is -3.26. The van der Waals surface area contributed by atoms with Crippen LogP contribution in [0, 0.1) is 0 Å². The highest BCUT2D eigenvalue weighted by Gasteiger charge is 2.22. The van der Waals surface area contributed by atoms with E-state index in [0.717, 1.165) is 51.1 Å². The molecule has 1 atom stereocenters. The van der Waals surface area contributed by atoms with E-state index in [0.29, 0.717) is 29.2 Å². The first kappa shape index (κ1) is 22.0.